The number of hydrogen-bond acceptors (Lipinski definition) is 5. The lowest BCUT2D eigenvalue weighted by molar-refractivity contribution is 0.121. The molecule has 7 nitrogen and oxygen atoms in total. The van der Waals surface area contributed by atoms with Crippen molar-refractivity contribution in [3.63, 3.8) is 0 Å². The summed E-state index contributed by atoms with van der Waals surface area (Å²) in [6.07, 6.45) is 0.321. The Morgan fingerprint density at radius 2 is 2.11 bits per heavy atom. The second-order valence-electron chi connectivity index (χ2n) is 4.74. The summed E-state index contributed by atoms with van der Waals surface area (Å²) in [5, 5.41) is 9.31. The largest absolute Gasteiger partial charge is 0.446 e. The van der Waals surface area contributed by atoms with Crippen LogP contribution in [0.25, 0.3) is 0 Å². The highest BCUT2D eigenvalue weighted by Gasteiger charge is 2.25. The van der Waals surface area contributed by atoms with Crippen molar-refractivity contribution >= 4 is 16.3 Å². The SMILES string of the molecule is CC(C)OC(=O)NS(=O)(=O)NCC1CCC(O)C1. The van der Waals surface area contributed by atoms with Crippen molar-refractivity contribution in [3.8, 4) is 0 Å². The van der Waals surface area contributed by atoms with E-state index in [1.54, 1.807) is 18.6 Å². The fourth-order valence-electron chi connectivity index (χ4n) is 1.85. The van der Waals surface area contributed by atoms with Gasteiger partial charge in [-0.2, -0.15) is 13.1 Å². The maximum atomic E-state index is 11.5. The summed E-state index contributed by atoms with van der Waals surface area (Å²) in [4.78, 5) is 11.1. The molecule has 2 atom stereocenters. The molecule has 106 valence electrons. The predicted molar refractivity (Wildman–Crippen MR) is 65.0 cm³/mol. The quantitative estimate of drug-likeness (QED) is 0.663. The summed E-state index contributed by atoms with van der Waals surface area (Å²) in [6.45, 7) is 3.46. The van der Waals surface area contributed by atoms with Crippen LogP contribution in [0.1, 0.15) is 33.1 Å². The van der Waals surface area contributed by atoms with Crippen LogP contribution < -0.4 is 9.44 Å². The number of aliphatic hydroxyl groups is 1. The van der Waals surface area contributed by atoms with Gasteiger partial charge in [0.05, 0.1) is 12.2 Å². The van der Waals surface area contributed by atoms with Crippen molar-refractivity contribution in [1.82, 2.24) is 9.44 Å². The third-order valence-corrected chi connectivity index (χ3v) is 3.62. The van der Waals surface area contributed by atoms with E-state index in [1.165, 1.54) is 0 Å². The van der Waals surface area contributed by atoms with E-state index in [9.17, 15) is 18.3 Å². The fourth-order valence-corrected chi connectivity index (χ4v) is 2.64. The first-order valence-corrected chi connectivity index (χ1v) is 7.43. The van der Waals surface area contributed by atoms with Crippen molar-refractivity contribution < 1.29 is 23.1 Å². The molecule has 0 aromatic rings. The maximum absolute atomic E-state index is 11.5. The molecule has 8 heteroatoms. The van der Waals surface area contributed by atoms with Gasteiger partial charge < -0.3 is 9.84 Å². The van der Waals surface area contributed by atoms with E-state index in [-0.39, 0.29) is 24.7 Å². The molecular formula is C10H20N2O5S. The first-order chi connectivity index (χ1) is 8.28. The van der Waals surface area contributed by atoms with Crippen LogP contribution in [-0.2, 0) is 14.9 Å². The van der Waals surface area contributed by atoms with E-state index in [1.807, 2.05) is 0 Å². The molecule has 1 amide bonds. The summed E-state index contributed by atoms with van der Waals surface area (Å²) in [6, 6.07) is 0. The Morgan fingerprint density at radius 3 is 2.61 bits per heavy atom. The lowest BCUT2D eigenvalue weighted by Crippen LogP contribution is -2.42. The van der Waals surface area contributed by atoms with Gasteiger partial charge in [0.2, 0.25) is 0 Å². The standard InChI is InChI=1S/C10H20N2O5S/c1-7(2)17-10(14)12-18(15,16)11-6-8-3-4-9(13)5-8/h7-9,11,13H,3-6H2,1-2H3,(H,12,14). The summed E-state index contributed by atoms with van der Waals surface area (Å²) in [7, 11) is -3.89. The van der Waals surface area contributed by atoms with Gasteiger partial charge in [-0.3, -0.25) is 0 Å². The van der Waals surface area contributed by atoms with E-state index in [0.29, 0.717) is 12.8 Å². The summed E-state index contributed by atoms with van der Waals surface area (Å²) in [5.74, 6) is 0.109. The zero-order valence-electron chi connectivity index (χ0n) is 10.5. The van der Waals surface area contributed by atoms with Gasteiger partial charge in [-0.15, -0.1) is 0 Å². The lowest BCUT2D eigenvalue weighted by Gasteiger charge is -2.13. The first kappa shape index (κ1) is 15.2. The van der Waals surface area contributed by atoms with Gasteiger partial charge in [-0.1, -0.05) is 0 Å². The molecule has 0 spiro atoms. The number of rotatable bonds is 5. The van der Waals surface area contributed by atoms with Crippen LogP contribution in [0.5, 0.6) is 0 Å². The molecule has 1 fully saturated rings. The number of hydrogen-bond donors (Lipinski definition) is 3. The average Bonchev–Trinajstić information content (AvgIpc) is 2.59. The molecule has 0 aromatic heterocycles. The molecule has 1 aliphatic rings. The van der Waals surface area contributed by atoms with Crippen LogP contribution in [-0.4, -0.2) is 38.4 Å². The molecular weight excluding hydrogens is 260 g/mol. The summed E-state index contributed by atoms with van der Waals surface area (Å²) < 4.78 is 31.7. The van der Waals surface area contributed by atoms with E-state index in [0.717, 1.165) is 6.42 Å². The molecule has 0 radical (unpaired) electrons. The third kappa shape index (κ3) is 5.65. The lowest BCUT2D eigenvalue weighted by atomic mass is 10.1. The highest BCUT2D eigenvalue weighted by Crippen LogP contribution is 2.24. The minimum atomic E-state index is -3.89. The maximum Gasteiger partial charge on any atom is 0.422 e. The number of ether oxygens (including phenoxy) is 1. The number of aliphatic hydroxyl groups excluding tert-OH is 1. The van der Waals surface area contributed by atoms with Crippen LogP contribution in [0.2, 0.25) is 0 Å². The Kier molecular flexibility index (Phi) is 5.36. The summed E-state index contributed by atoms with van der Waals surface area (Å²) in [5.41, 5.74) is 0. The van der Waals surface area contributed by atoms with Gasteiger partial charge in [0.15, 0.2) is 0 Å². The molecule has 2 unspecified atom stereocenters. The highest BCUT2D eigenvalue weighted by atomic mass is 32.2. The van der Waals surface area contributed by atoms with Gasteiger partial charge in [-0.25, -0.2) is 9.52 Å². The van der Waals surface area contributed by atoms with Crippen LogP contribution in [0.3, 0.4) is 0 Å². The van der Waals surface area contributed by atoms with Gasteiger partial charge in [0.25, 0.3) is 0 Å². The minimum Gasteiger partial charge on any atom is -0.446 e. The smallest absolute Gasteiger partial charge is 0.422 e. The first-order valence-electron chi connectivity index (χ1n) is 5.94. The van der Waals surface area contributed by atoms with Crippen LogP contribution in [0.4, 0.5) is 4.79 Å². The van der Waals surface area contributed by atoms with Crippen molar-refractivity contribution in [3.05, 3.63) is 0 Å². The second kappa shape index (κ2) is 6.35. The van der Waals surface area contributed by atoms with Crippen LogP contribution >= 0.6 is 0 Å². The predicted octanol–water partition coefficient (Wildman–Crippen LogP) is 0.116. The van der Waals surface area contributed by atoms with Gasteiger partial charge in [-0.05, 0) is 39.0 Å². The fraction of sp³-hybridized carbons (Fsp3) is 0.900. The van der Waals surface area contributed by atoms with E-state index in [4.69, 9.17) is 0 Å². The molecule has 0 aliphatic heterocycles. The van der Waals surface area contributed by atoms with Crippen molar-refractivity contribution in [2.45, 2.75) is 45.3 Å². The molecule has 0 saturated heterocycles. The Bertz CT molecular complexity index is 382. The average molecular weight is 280 g/mol. The van der Waals surface area contributed by atoms with Gasteiger partial charge in [0, 0.05) is 6.54 Å². The Balaban J connectivity index is 2.33. The Labute approximate surface area is 107 Å². The van der Waals surface area contributed by atoms with E-state index < -0.39 is 16.3 Å². The zero-order valence-corrected chi connectivity index (χ0v) is 11.4. The van der Waals surface area contributed by atoms with Gasteiger partial charge >= 0.3 is 16.3 Å². The molecule has 3 N–H and O–H groups in total. The molecule has 0 aromatic carbocycles. The van der Waals surface area contributed by atoms with Crippen molar-refractivity contribution in [1.29, 1.82) is 0 Å². The minimum absolute atomic E-state index is 0.109. The normalized spacial score (nSPS) is 24.2. The van der Waals surface area contributed by atoms with E-state index >= 15 is 0 Å². The number of amides is 1. The van der Waals surface area contributed by atoms with Crippen LogP contribution in [0.15, 0.2) is 0 Å². The Morgan fingerprint density at radius 1 is 1.44 bits per heavy atom. The highest BCUT2D eigenvalue weighted by molar-refractivity contribution is 7.88. The monoisotopic (exact) mass is 280 g/mol. The number of nitrogens with one attached hydrogen (secondary N) is 2. The summed E-state index contributed by atoms with van der Waals surface area (Å²) >= 11 is 0. The molecule has 18 heavy (non-hydrogen) atoms. The molecule has 0 heterocycles. The second-order valence-corrected chi connectivity index (χ2v) is 6.24. The molecule has 0 bridgehead atoms. The van der Waals surface area contributed by atoms with Gasteiger partial charge in [0.1, 0.15) is 0 Å². The third-order valence-electron chi connectivity index (χ3n) is 2.64. The number of carbonyl (C=O) groups excluding carboxylic acids is 1. The van der Waals surface area contributed by atoms with E-state index in [2.05, 4.69) is 9.46 Å². The topological polar surface area (TPSA) is 105 Å². The van der Waals surface area contributed by atoms with Crippen molar-refractivity contribution in [2.75, 3.05) is 6.54 Å². The number of carbonyl (C=O) groups is 1. The Hall–Kier alpha value is -0.860. The van der Waals surface area contributed by atoms with Crippen molar-refractivity contribution in [2.24, 2.45) is 5.92 Å². The zero-order chi connectivity index (χ0) is 13.8. The molecule has 1 rings (SSSR count). The van der Waals surface area contributed by atoms with Crippen LogP contribution in [0, 0.1) is 5.92 Å². The molecule has 1 saturated carbocycles. The molecule has 1 aliphatic carbocycles.